The summed E-state index contributed by atoms with van der Waals surface area (Å²) < 4.78 is 29.3. The fraction of sp³-hybridized carbons (Fsp3) is 0.472. The minimum Gasteiger partial charge on any atom is -0.494 e. The molecule has 10 heteroatoms. The maximum Gasteiger partial charge on any atom is 0.410 e. The lowest BCUT2D eigenvalue weighted by Gasteiger charge is -2.41. The Kier molecular flexibility index (Phi) is 12.9. The highest BCUT2D eigenvalue weighted by molar-refractivity contribution is 7.98. The van der Waals surface area contributed by atoms with Crippen molar-refractivity contribution >= 4 is 23.5 Å². The van der Waals surface area contributed by atoms with Gasteiger partial charge in [0.15, 0.2) is 0 Å². The first-order valence-electron chi connectivity index (χ1n) is 16.0. The average molecular weight is 651 g/mol. The third-order valence-corrected chi connectivity index (χ3v) is 9.03. The maximum absolute atomic E-state index is 13.2. The molecule has 1 fully saturated rings. The van der Waals surface area contributed by atoms with E-state index in [1.54, 1.807) is 23.8 Å². The van der Waals surface area contributed by atoms with Crippen LogP contribution in [0.1, 0.15) is 35.4 Å². The van der Waals surface area contributed by atoms with E-state index < -0.39 is 18.3 Å². The lowest BCUT2D eigenvalue weighted by atomic mass is 9.84. The van der Waals surface area contributed by atoms with E-state index >= 15 is 0 Å². The summed E-state index contributed by atoms with van der Waals surface area (Å²) >= 11 is 1.80. The molecule has 3 atom stereocenters. The van der Waals surface area contributed by atoms with Gasteiger partial charge in [-0.25, -0.2) is 4.79 Å². The Morgan fingerprint density at radius 2 is 1.80 bits per heavy atom. The number of aliphatic hydroxyl groups is 1. The number of β-amino-alcohol motifs (C(OH)–C–C–N with tert-alkyl or cyclic N) is 1. The Labute approximate surface area is 276 Å². The number of piperidine rings is 1. The summed E-state index contributed by atoms with van der Waals surface area (Å²) in [7, 11) is 1.72. The van der Waals surface area contributed by atoms with E-state index in [-0.39, 0.29) is 19.1 Å². The number of hydrogen-bond donors (Lipinski definition) is 1. The van der Waals surface area contributed by atoms with Crippen LogP contribution in [-0.2, 0) is 27.4 Å². The number of methoxy groups -OCH3 is 1. The molecule has 9 nitrogen and oxygen atoms in total. The number of benzene rings is 3. The predicted octanol–water partition coefficient (Wildman–Crippen LogP) is 5.74. The second kappa shape index (κ2) is 17.5. The number of aliphatic hydroxyl groups excluding tert-OH is 1. The van der Waals surface area contributed by atoms with Crippen LogP contribution in [-0.4, -0.2) is 93.4 Å². The number of carbonyl (C=O) groups excluding carboxylic acids is 1. The van der Waals surface area contributed by atoms with Crippen molar-refractivity contribution in [3.63, 3.8) is 0 Å². The minimum atomic E-state index is -0.843. The fourth-order valence-electron chi connectivity index (χ4n) is 5.97. The first kappa shape index (κ1) is 33.9. The Morgan fingerprint density at radius 1 is 0.978 bits per heavy atom. The smallest absolute Gasteiger partial charge is 0.410 e. The third-order valence-electron chi connectivity index (χ3n) is 8.34. The van der Waals surface area contributed by atoms with E-state index in [0.717, 1.165) is 65.6 Å². The number of carbonyl (C=O) groups is 1. The number of ether oxygens (including phenoxy) is 5. The van der Waals surface area contributed by atoms with Crippen molar-refractivity contribution < 1.29 is 33.6 Å². The molecule has 1 N–H and O–H groups in total. The fourth-order valence-corrected chi connectivity index (χ4v) is 6.37. The molecule has 0 bridgehead atoms. The molecule has 5 rings (SSSR count). The van der Waals surface area contributed by atoms with Crippen LogP contribution in [0.4, 0.5) is 10.5 Å². The van der Waals surface area contributed by atoms with E-state index in [2.05, 4.69) is 17.2 Å². The summed E-state index contributed by atoms with van der Waals surface area (Å²) in [6, 6.07) is 23.6. The molecule has 2 aliphatic rings. The molecule has 2 heterocycles. The number of fused-ring (bicyclic) bond motifs is 1. The van der Waals surface area contributed by atoms with Crippen molar-refractivity contribution in [2.45, 2.75) is 44.2 Å². The van der Waals surface area contributed by atoms with Crippen LogP contribution >= 0.6 is 11.8 Å². The summed E-state index contributed by atoms with van der Waals surface area (Å²) in [5.41, 5.74) is 3.88. The van der Waals surface area contributed by atoms with E-state index in [9.17, 15) is 9.90 Å². The van der Waals surface area contributed by atoms with Gasteiger partial charge in [0.25, 0.3) is 0 Å². The molecule has 0 radical (unpaired) electrons. The molecule has 248 valence electrons. The number of amides is 1. The van der Waals surface area contributed by atoms with Crippen LogP contribution in [0.25, 0.3) is 0 Å². The van der Waals surface area contributed by atoms with Gasteiger partial charge in [-0.1, -0.05) is 48.5 Å². The Balaban J connectivity index is 1.30. The molecule has 0 spiro atoms. The topological polar surface area (TPSA) is 89.9 Å². The van der Waals surface area contributed by atoms with Gasteiger partial charge in [0.05, 0.1) is 50.7 Å². The number of thioether (sulfide) groups is 1. The van der Waals surface area contributed by atoms with Crippen LogP contribution < -0.4 is 14.4 Å². The third kappa shape index (κ3) is 9.31. The molecule has 0 aromatic heterocycles. The van der Waals surface area contributed by atoms with Crippen LogP contribution in [0.3, 0.4) is 0 Å². The molecule has 3 aromatic rings. The van der Waals surface area contributed by atoms with E-state index in [1.165, 1.54) is 0 Å². The van der Waals surface area contributed by atoms with Crippen molar-refractivity contribution in [2.24, 2.45) is 0 Å². The van der Waals surface area contributed by atoms with E-state index in [0.29, 0.717) is 33.0 Å². The highest BCUT2D eigenvalue weighted by Gasteiger charge is 2.40. The zero-order chi connectivity index (χ0) is 32.1. The summed E-state index contributed by atoms with van der Waals surface area (Å²) in [6.07, 6.45) is 2.22. The molecule has 0 unspecified atom stereocenters. The van der Waals surface area contributed by atoms with Gasteiger partial charge in [0.1, 0.15) is 24.7 Å². The average Bonchev–Trinajstić information content (AvgIpc) is 3.09. The monoisotopic (exact) mass is 650 g/mol. The normalized spacial score (nSPS) is 19.3. The number of hydrogen-bond acceptors (Lipinski definition) is 9. The zero-order valence-electron chi connectivity index (χ0n) is 26.8. The van der Waals surface area contributed by atoms with Gasteiger partial charge in [-0.3, -0.25) is 0 Å². The highest BCUT2D eigenvalue weighted by Crippen LogP contribution is 2.35. The molecule has 2 aliphatic heterocycles. The highest BCUT2D eigenvalue weighted by atomic mass is 32.2. The second-order valence-corrected chi connectivity index (χ2v) is 12.6. The largest absolute Gasteiger partial charge is 0.494 e. The van der Waals surface area contributed by atoms with Crippen LogP contribution in [0, 0.1) is 0 Å². The van der Waals surface area contributed by atoms with Gasteiger partial charge in [0, 0.05) is 26.2 Å². The Bertz CT molecular complexity index is 1360. The van der Waals surface area contributed by atoms with Gasteiger partial charge in [-0.05, 0) is 65.8 Å². The number of nitrogens with zero attached hydrogens (tertiary/aromatic N) is 2. The SMILES string of the molecule is COCCCN1CCOc2ccc(CO[C@H]3CN(C(=O)OCc4ccccc4)C[C@@H](O)[C@@H]3c3ccc(OCCCSC)cc3)cc21. The minimum absolute atomic E-state index is 0.150. The maximum atomic E-state index is 13.2. The molecular weight excluding hydrogens is 604 g/mol. The lowest BCUT2D eigenvalue weighted by molar-refractivity contribution is -0.0692. The van der Waals surface area contributed by atoms with E-state index in [1.807, 2.05) is 66.7 Å². The zero-order valence-corrected chi connectivity index (χ0v) is 27.7. The molecule has 1 amide bonds. The van der Waals surface area contributed by atoms with Crippen molar-refractivity contribution in [3.05, 3.63) is 89.5 Å². The van der Waals surface area contributed by atoms with Gasteiger partial charge >= 0.3 is 6.09 Å². The van der Waals surface area contributed by atoms with Crippen molar-refractivity contribution in [1.82, 2.24) is 4.90 Å². The number of anilines is 1. The summed E-state index contributed by atoms with van der Waals surface area (Å²) in [5, 5.41) is 11.5. The van der Waals surface area contributed by atoms with Crippen LogP contribution in [0.15, 0.2) is 72.8 Å². The quantitative estimate of drug-likeness (QED) is 0.207. The van der Waals surface area contributed by atoms with Crippen LogP contribution in [0.2, 0.25) is 0 Å². The van der Waals surface area contributed by atoms with Crippen molar-refractivity contribution in [1.29, 1.82) is 0 Å². The van der Waals surface area contributed by atoms with E-state index in [4.69, 9.17) is 23.7 Å². The molecule has 3 aromatic carbocycles. The van der Waals surface area contributed by atoms with Gasteiger partial charge in [-0.2, -0.15) is 11.8 Å². The predicted molar refractivity (Wildman–Crippen MR) is 181 cm³/mol. The standard InChI is InChI=1S/C36H46N2O7S/c1-41-18-6-16-37-17-20-43-33-15-10-28(22-31(33)37)26-44-34-24-38(36(40)45-25-27-8-4-3-5-9-27)23-32(39)35(34)29-11-13-30(14-12-29)42-19-7-21-46-2/h3-5,8-15,22,32,34-35,39H,6-7,16-21,23-26H2,1-2H3/t32-,34+,35+/m1/s1. The molecule has 0 saturated carbocycles. The summed E-state index contributed by atoms with van der Waals surface area (Å²) in [6.45, 7) is 4.63. The number of rotatable bonds is 15. The molecule has 0 aliphatic carbocycles. The molecular formula is C36H46N2O7S. The van der Waals surface area contributed by atoms with Gasteiger partial charge in [-0.15, -0.1) is 0 Å². The van der Waals surface area contributed by atoms with Crippen molar-refractivity contribution in [2.75, 3.05) is 70.0 Å². The molecule has 46 heavy (non-hydrogen) atoms. The molecule has 1 saturated heterocycles. The number of likely N-dealkylation sites (tertiary alicyclic amines) is 1. The second-order valence-electron chi connectivity index (χ2n) is 11.6. The van der Waals surface area contributed by atoms with Gasteiger partial charge in [0.2, 0.25) is 0 Å². The summed E-state index contributed by atoms with van der Waals surface area (Å²) in [5.74, 6) is 2.38. The van der Waals surface area contributed by atoms with Crippen molar-refractivity contribution in [3.8, 4) is 11.5 Å². The first-order valence-corrected chi connectivity index (χ1v) is 17.4. The first-order chi connectivity index (χ1) is 22.6. The summed E-state index contributed by atoms with van der Waals surface area (Å²) in [4.78, 5) is 17.0. The lowest BCUT2D eigenvalue weighted by Crippen LogP contribution is -2.53. The Hall–Kier alpha value is -3.44. The van der Waals surface area contributed by atoms with Crippen LogP contribution in [0.5, 0.6) is 11.5 Å². The Morgan fingerprint density at radius 3 is 2.59 bits per heavy atom. The van der Waals surface area contributed by atoms with Gasteiger partial charge < -0.3 is 38.6 Å².